The van der Waals surface area contributed by atoms with Gasteiger partial charge in [0.05, 0.1) is 5.58 Å². The van der Waals surface area contributed by atoms with E-state index in [9.17, 15) is 0 Å². The first-order valence-electron chi connectivity index (χ1n) is 16.6. The van der Waals surface area contributed by atoms with Gasteiger partial charge in [0.15, 0.2) is 0 Å². The summed E-state index contributed by atoms with van der Waals surface area (Å²) in [6.07, 6.45) is 3.74. The van der Waals surface area contributed by atoms with Crippen molar-refractivity contribution in [1.82, 2.24) is 9.97 Å². The molecule has 0 saturated carbocycles. The minimum absolute atomic E-state index is 0. The molecule has 0 saturated heterocycles. The van der Waals surface area contributed by atoms with Gasteiger partial charge in [-0.25, -0.2) is 0 Å². The van der Waals surface area contributed by atoms with Crippen molar-refractivity contribution in [1.29, 1.82) is 0 Å². The second-order valence-electron chi connectivity index (χ2n) is 14.7. The van der Waals surface area contributed by atoms with E-state index in [0.29, 0.717) is 0 Å². The van der Waals surface area contributed by atoms with Gasteiger partial charge in [0, 0.05) is 37.9 Å². The molecule has 3 heterocycles. The number of hydrogen-bond acceptors (Lipinski definition) is 3. The molecule has 4 heteroatoms. The maximum Gasteiger partial charge on any atom is 0.124 e. The summed E-state index contributed by atoms with van der Waals surface area (Å²) in [4.78, 5) is 9.04. The predicted molar refractivity (Wildman–Crippen MR) is 201 cm³/mol. The standard InChI is InChI=1S/C25H26NO.C20H14N.Ir/c1-24(2,3)17-12-13-26-21(15-17)16-10-11-22-19(14-16)18-8-7-9-20(23(18)27-22)25(4,5)6;1-14-10-11-21-20(12-14)17-8-9-19-16(13-17)7-6-15-4-2-3-5-18(15)19;/h7-9,11-15H,1-6H3;2-7,9-13H,1H3;/q2*-1;. The number of aromatic nitrogens is 2. The third kappa shape index (κ3) is 6.95. The van der Waals surface area contributed by atoms with E-state index in [0.717, 1.165) is 44.5 Å². The molecule has 0 spiro atoms. The van der Waals surface area contributed by atoms with Crippen molar-refractivity contribution in [2.75, 3.05) is 0 Å². The Balaban J connectivity index is 0.000000171. The molecule has 0 N–H and O–H groups in total. The number of benzene rings is 5. The fraction of sp³-hybridized carbons (Fsp3) is 0.200. The minimum Gasteiger partial charge on any atom is -0.500 e. The molecule has 8 aromatic rings. The first-order valence-corrected chi connectivity index (χ1v) is 16.6. The number of para-hydroxylation sites is 1. The van der Waals surface area contributed by atoms with Crippen molar-refractivity contribution in [3.63, 3.8) is 0 Å². The summed E-state index contributed by atoms with van der Waals surface area (Å²) < 4.78 is 6.23. The van der Waals surface area contributed by atoms with Crippen molar-refractivity contribution < 1.29 is 24.5 Å². The average molecular weight is 817 g/mol. The zero-order valence-corrected chi connectivity index (χ0v) is 31.5. The summed E-state index contributed by atoms with van der Waals surface area (Å²) in [6.45, 7) is 15.4. The van der Waals surface area contributed by atoms with Crippen LogP contribution < -0.4 is 0 Å². The smallest absolute Gasteiger partial charge is 0.124 e. The Morgan fingerprint density at radius 1 is 0.571 bits per heavy atom. The number of rotatable bonds is 2. The maximum absolute atomic E-state index is 6.23. The topological polar surface area (TPSA) is 38.9 Å². The van der Waals surface area contributed by atoms with E-state index in [1.54, 1.807) is 0 Å². The molecule has 5 aromatic carbocycles. The Hall–Kier alpha value is -4.63. The molecule has 0 bridgehead atoms. The van der Waals surface area contributed by atoms with Crippen molar-refractivity contribution in [2.45, 2.75) is 59.3 Å². The average Bonchev–Trinajstić information content (AvgIpc) is 3.45. The largest absolute Gasteiger partial charge is 0.500 e. The van der Waals surface area contributed by atoms with E-state index >= 15 is 0 Å². The first-order chi connectivity index (χ1) is 23.0. The Kier molecular flexibility index (Phi) is 9.33. The molecule has 8 rings (SSSR count). The van der Waals surface area contributed by atoms with Crippen LogP contribution in [0.2, 0.25) is 0 Å². The molecule has 0 fully saturated rings. The Morgan fingerprint density at radius 3 is 2.00 bits per heavy atom. The third-order valence-corrected chi connectivity index (χ3v) is 9.01. The van der Waals surface area contributed by atoms with Crippen LogP contribution in [0, 0.1) is 19.1 Å². The van der Waals surface area contributed by atoms with Gasteiger partial charge >= 0.3 is 0 Å². The fourth-order valence-electron chi connectivity index (χ4n) is 6.30. The second-order valence-corrected chi connectivity index (χ2v) is 14.7. The molecular formula is C45H40IrN2O-2. The van der Waals surface area contributed by atoms with Crippen LogP contribution in [0.1, 0.15) is 58.2 Å². The summed E-state index contributed by atoms with van der Waals surface area (Å²) >= 11 is 0. The van der Waals surface area contributed by atoms with E-state index in [-0.39, 0.29) is 30.9 Å². The summed E-state index contributed by atoms with van der Waals surface area (Å²) in [7, 11) is 0. The van der Waals surface area contributed by atoms with Crippen LogP contribution in [-0.4, -0.2) is 9.97 Å². The van der Waals surface area contributed by atoms with E-state index in [1.165, 1.54) is 38.2 Å². The van der Waals surface area contributed by atoms with Gasteiger partial charge in [-0.05, 0) is 57.8 Å². The molecule has 3 nitrogen and oxygen atoms in total. The molecular weight excluding hydrogens is 777 g/mol. The molecule has 0 aliphatic carbocycles. The molecule has 0 aliphatic heterocycles. The van der Waals surface area contributed by atoms with Gasteiger partial charge in [-0.1, -0.05) is 130 Å². The molecule has 0 atom stereocenters. The number of pyridine rings is 2. The summed E-state index contributed by atoms with van der Waals surface area (Å²) in [5, 5.41) is 7.28. The summed E-state index contributed by atoms with van der Waals surface area (Å²) in [5.74, 6) is 0. The number of hydrogen-bond donors (Lipinski definition) is 0. The van der Waals surface area contributed by atoms with Gasteiger partial charge in [-0.3, -0.25) is 0 Å². The zero-order valence-electron chi connectivity index (χ0n) is 29.1. The van der Waals surface area contributed by atoms with Crippen LogP contribution in [-0.2, 0) is 30.9 Å². The molecule has 1 radical (unpaired) electrons. The van der Waals surface area contributed by atoms with E-state index in [2.05, 4.69) is 162 Å². The van der Waals surface area contributed by atoms with E-state index < -0.39 is 0 Å². The molecule has 49 heavy (non-hydrogen) atoms. The predicted octanol–water partition coefficient (Wildman–Crippen LogP) is 12.2. The first kappa shape index (κ1) is 34.2. The van der Waals surface area contributed by atoms with E-state index in [1.807, 2.05) is 24.5 Å². The molecule has 247 valence electrons. The van der Waals surface area contributed by atoms with Gasteiger partial charge in [0.25, 0.3) is 0 Å². The van der Waals surface area contributed by atoms with Crippen molar-refractivity contribution in [3.05, 3.63) is 144 Å². The zero-order chi connectivity index (χ0) is 33.6. The van der Waals surface area contributed by atoms with Crippen LogP contribution in [0.4, 0.5) is 0 Å². The SMILES string of the molecule is CC(C)(C)c1ccnc(-c2[c-]cc3oc4c(C(C)(C)C)cccc4c3c2)c1.Cc1ccnc(-c2[c-]cc3c(ccc4ccccc43)c2)c1.[Ir]. The van der Waals surface area contributed by atoms with Crippen LogP contribution >= 0.6 is 0 Å². The van der Waals surface area contributed by atoms with Crippen molar-refractivity contribution >= 4 is 43.5 Å². The van der Waals surface area contributed by atoms with Gasteiger partial charge < -0.3 is 14.4 Å². The number of furan rings is 1. The number of fused-ring (bicyclic) bond motifs is 6. The normalized spacial score (nSPS) is 11.8. The maximum atomic E-state index is 6.23. The number of aryl methyl sites for hydroxylation is 1. The molecule has 0 aliphatic rings. The van der Waals surface area contributed by atoms with Crippen molar-refractivity contribution in [2.24, 2.45) is 0 Å². The molecule has 0 amide bonds. The summed E-state index contributed by atoms with van der Waals surface area (Å²) in [6, 6.07) is 42.7. The quantitative estimate of drug-likeness (QED) is 0.129. The molecule has 3 aromatic heterocycles. The number of nitrogens with zero attached hydrogens (tertiary/aromatic N) is 2. The van der Waals surface area contributed by atoms with Gasteiger partial charge in [0.2, 0.25) is 0 Å². The summed E-state index contributed by atoms with van der Waals surface area (Å²) in [5.41, 5.74) is 9.65. The Labute approximate surface area is 302 Å². The monoisotopic (exact) mass is 817 g/mol. The van der Waals surface area contributed by atoms with Crippen molar-refractivity contribution in [3.8, 4) is 22.5 Å². The van der Waals surface area contributed by atoms with Gasteiger partial charge in [0.1, 0.15) is 5.58 Å². The van der Waals surface area contributed by atoms with E-state index in [4.69, 9.17) is 4.42 Å². The third-order valence-electron chi connectivity index (χ3n) is 9.01. The van der Waals surface area contributed by atoms with Crippen LogP contribution in [0.15, 0.2) is 120 Å². The second kappa shape index (κ2) is 13.3. The Morgan fingerprint density at radius 2 is 1.24 bits per heavy atom. The van der Waals surface area contributed by atoms with Crippen LogP contribution in [0.3, 0.4) is 0 Å². The minimum atomic E-state index is 0. The van der Waals surface area contributed by atoms with Crippen LogP contribution in [0.25, 0.3) is 66.0 Å². The van der Waals surface area contributed by atoms with Crippen LogP contribution in [0.5, 0.6) is 0 Å². The fourth-order valence-corrected chi connectivity index (χ4v) is 6.30. The van der Waals surface area contributed by atoms with Gasteiger partial charge in [-0.15, -0.1) is 52.9 Å². The molecule has 0 unspecified atom stereocenters. The van der Waals surface area contributed by atoms with Gasteiger partial charge in [-0.2, -0.15) is 0 Å². The Bertz CT molecular complexity index is 2440.